The predicted octanol–water partition coefficient (Wildman–Crippen LogP) is 4.10. The van der Waals surface area contributed by atoms with Crippen molar-refractivity contribution >= 4 is 27.0 Å². The Bertz CT molecular complexity index is 599. The quantitative estimate of drug-likeness (QED) is 0.797. The molecule has 18 heavy (non-hydrogen) atoms. The summed E-state index contributed by atoms with van der Waals surface area (Å²) >= 11 is 3.71. The number of fused-ring (bicyclic) bond motifs is 1. The Hall–Kier alpha value is -1.03. The lowest BCUT2D eigenvalue weighted by molar-refractivity contribution is 0.512. The highest BCUT2D eigenvalue weighted by molar-refractivity contribution is 9.09. The first-order valence-corrected chi connectivity index (χ1v) is 7.27. The van der Waals surface area contributed by atoms with Crippen molar-refractivity contribution in [2.75, 3.05) is 0 Å². The van der Waals surface area contributed by atoms with Crippen LogP contribution < -0.4 is 5.76 Å². The lowest BCUT2D eigenvalue weighted by Gasteiger charge is -2.16. The van der Waals surface area contributed by atoms with Crippen molar-refractivity contribution in [3.8, 4) is 0 Å². The summed E-state index contributed by atoms with van der Waals surface area (Å²) in [7, 11) is 0. The van der Waals surface area contributed by atoms with Crippen molar-refractivity contribution < 1.29 is 4.42 Å². The molecule has 2 rings (SSSR count). The molecule has 2 unspecified atom stereocenters. The Balaban J connectivity index is 2.48. The van der Waals surface area contributed by atoms with Gasteiger partial charge in [0.15, 0.2) is 5.58 Å². The summed E-state index contributed by atoms with van der Waals surface area (Å²) in [6, 6.07) is 6.00. The number of rotatable bonds is 4. The second kappa shape index (κ2) is 5.31. The molecule has 98 valence electrons. The third-order valence-corrected chi connectivity index (χ3v) is 4.90. The van der Waals surface area contributed by atoms with E-state index in [9.17, 15) is 4.79 Å². The number of oxazole rings is 1. The van der Waals surface area contributed by atoms with Gasteiger partial charge in [0.05, 0.1) is 5.52 Å². The third-order valence-electron chi connectivity index (χ3n) is 3.47. The van der Waals surface area contributed by atoms with E-state index in [1.165, 1.54) is 0 Å². The summed E-state index contributed by atoms with van der Waals surface area (Å²) in [4.78, 5) is 11.9. The SMILES string of the molecule is CCC(C)C(Br)c1ccc2c(c1)oc(=O)n2CC. The van der Waals surface area contributed by atoms with E-state index in [-0.39, 0.29) is 5.76 Å². The van der Waals surface area contributed by atoms with Crippen molar-refractivity contribution in [1.82, 2.24) is 4.57 Å². The number of halogens is 1. The van der Waals surface area contributed by atoms with Gasteiger partial charge in [0, 0.05) is 11.4 Å². The van der Waals surface area contributed by atoms with Gasteiger partial charge in [-0.15, -0.1) is 0 Å². The topological polar surface area (TPSA) is 35.1 Å². The minimum absolute atomic E-state index is 0.278. The number of alkyl halides is 1. The summed E-state index contributed by atoms with van der Waals surface area (Å²) in [6.45, 7) is 6.95. The smallest absolute Gasteiger partial charge is 0.408 e. The standard InChI is InChI=1S/C14H18BrNO2/c1-4-9(3)13(15)10-6-7-11-12(8-10)18-14(17)16(11)5-2/h6-9,13H,4-5H2,1-3H3. The van der Waals surface area contributed by atoms with E-state index in [2.05, 4.69) is 35.8 Å². The van der Waals surface area contributed by atoms with Gasteiger partial charge in [0.2, 0.25) is 0 Å². The van der Waals surface area contributed by atoms with Crippen LogP contribution in [0.4, 0.5) is 0 Å². The van der Waals surface area contributed by atoms with Crippen LogP contribution in [0.1, 0.15) is 37.6 Å². The fourth-order valence-electron chi connectivity index (χ4n) is 2.09. The molecule has 4 heteroatoms. The van der Waals surface area contributed by atoms with E-state index >= 15 is 0 Å². The highest BCUT2D eigenvalue weighted by Gasteiger charge is 2.16. The third kappa shape index (κ3) is 2.26. The number of hydrogen-bond acceptors (Lipinski definition) is 2. The van der Waals surface area contributed by atoms with Crippen LogP contribution in [0.3, 0.4) is 0 Å². The molecule has 1 aromatic heterocycles. The zero-order chi connectivity index (χ0) is 13.3. The molecular weight excluding hydrogens is 294 g/mol. The predicted molar refractivity (Wildman–Crippen MR) is 77.3 cm³/mol. The molecule has 3 nitrogen and oxygen atoms in total. The van der Waals surface area contributed by atoms with E-state index in [0.717, 1.165) is 17.5 Å². The fourth-order valence-corrected chi connectivity index (χ4v) is 2.75. The zero-order valence-corrected chi connectivity index (χ0v) is 12.5. The van der Waals surface area contributed by atoms with Crippen molar-refractivity contribution in [3.63, 3.8) is 0 Å². The van der Waals surface area contributed by atoms with Crippen LogP contribution in [-0.2, 0) is 6.54 Å². The monoisotopic (exact) mass is 311 g/mol. The normalized spacial score (nSPS) is 14.9. The highest BCUT2D eigenvalue weighted by atomic mass is 79.9. The van der Waals surface area contributed by atoms with Crippen LogP contribution in [0, 0.1) is 5.92 Å². The Kier molecular flexibility index (Phi) is 3.95. The maximum atomic E-state index is 11.6. The van der Waals surface area contributed by atoms with Gasteiger partial charge < -0.3 is 4.42 Å². The van der Waals surface area contributed by atoms with Crippen molar-refractivity contribution in [2.45, 2.75) is 38.6 Å². The molecule has 0 amide bonds. The summed E-state index contributed by atoms with van der Waals surface area (Å²) in [5, 5.41) is 0. The molecule has 0 radical (unpaired) electrons. The highest BCUT2D eigenvalue weighted by Crippen LogP contribution is 2.34. The molecule has 0 aliphatic heterocycles. The second-order valence-corrected chi connectivity index (χ2v) is 5.61. The molecule has 0 saturated heterocycles. The Morgan fingerprint density at radius 1 is 1.39 bits per heavy atom. The Morgan fingerprint density at radius 2 is 2.11 bits per heavy atom. The molecule has 0 aliphatic rings. The van der Waals surface area contributed by atoms with Gasteiger partial charge in [-0.25, -0.2) is 4.79 Å². The number of aryl methyl sites for hydroxylation is 1. The molecule has 0 aliphatic carbocycles. The number of nitrogens with zero attached hydrogens (tertiary/aromatic N) is 1. The first-order chi connectivity index (χ1) is 8.58. The zero-order valence-electron chi connectivity index (χ0n) is 10.9. The summed E-state index contributed by atoms with van der Waals surface area (Å²) in [5.41, 5.74) is 2.70. The van der Waals surface area contributed by atoms with Crippen LogP contribution in [0.5, 0.6) is 0 Å². The van der Waals surface area contributed by atoms with Crippen LogP contribution in [0.25, 0.3) is 11.1 Å². The van der Waals surface area contributed by atoms with Crippen molar-refractivity contribution in [3.05, 3.63) is 34.3 Å². The molecule has 1 heterocycles. The maximum absolute atomic E-state index is 11.6. The maximum Gasteiger partial charge on any atom is 0.419 e. The minimum Gasteiger partial charge on any atom is -0.408 e. The summed E-state index contributed by atoms with van der Waals surface area (Å²) in [5.74, 6) is 0.266. The number of aromatic nitrogens is 1. The first-order valence-electron chi connectivity index (χ1n) is 6.35. The van der Waals surface area contributed by atoms with Gasteiger partial charge in [-0.2, -0.15) is 0 Å². The van der Waals surface area contributed by atoms with E-state index < -0.39 is 0 Å². The van der Waals surface area contributed by atoms with Crippen LogP contribution in [-0.4, -0.2) is 4.57 Å². The number of hydrogen-bond donors (Lipinski definition) is 0. The Morgan fingerprint density at radius 3 is 2.72 bits per heavy atom. The van der Waals surface area contributed by atoms with Crippen LogP contribution in [0.15, 0.2) is 27.4 Å². The average Bonchev–Trinajstić information content (AvgIpc) is 2.70. The van der Waals surface area contributed by atoms with Crippen molar-refractivity contribution in [1.29, 1.82) is 0 Å². The molecule has 2 aromatic rings. The van der Waals surface area contributed by atoms with Gasteiger partial charge in [-0.1, -0.05) is 42.3 Å². The molecule has 0 N–H and O–H groups in total. The van der Waals surface area contributed by atoms with Gasteiger partial charge >= 0.3 is 5.76 Å². The van der Waals surface area contributed by atoms with Crippen molar-refractivity contribution in [2.24, 2.45) is 5.92 Å². The molecule has 0 spiro atoms. The van der Waals surface area contributed by atoms with Gasteiger partial charge in [0.25, 0.3) is 0 Å². The largest absolute Gasteiger partial charge is 0.419 e. The second-order valence-electron chi connectivity index (χ2n) is 4.63. The van der Waals surface area contributed by atoms with E-state index in [4.69, 9.17) is 4.42 Å². The van der Waals surface area contributed by atoms with Gasteiger partial charge in [-0.05, 0) is 30.5 Å². The summed E-state index contributed by atoms with van der Waals surface area (Å²) < 4.78 is 6.93. The number of benzene rings is 1. The van der Waals surface area contributed by atoms with Gasteiger partial charge in [0.1, 0.15) is 0 Å². The first kappa shape index (κ1) is 13.4. The van der Waals surface area contributed by atoms with E-state index in [1.807, 2.05) is 19.1 Å². The minimum atomic E-state index is -0.278. The van der Waals surface area contributed by atoms with E-state index in [1.54, 1.807) is 4.57 Å². The molecule has 0 bridgehead atoms. The van der Waals surface area contributed by atoms with Gasteiger partial charge in [-0.3, -0.25) is 4.57 Å². The average molecular weight is 312 g/mol. The van der Waals surface area contributed by atoms with Crippen LogP contribution >= 0.6 is 15.9 Å². The lowest BCUT2D eigenvalue weighted by Crippen LogP contribution is -2.11. The van der Waals surface area contributed by atoms with E-state index in [0.29, 0.717) is 22.9 Å². The van der Waals surface area contributed by atoms with Crippen LogP contribution in [0.2, 0.25) is 0 Å². The molecule has 2 atom stereocenters. The molecular formula is C14H18BrNO2. The lowest BCUT2D eigenvalue weighted by atomic mass is 9.98. The molecule has 0 fully saturated rings. The Labute approximate surface area is 115 Å². The molecule has 0 saturated carbocycles. The molecule has 1 aromatic carbocycles. The summed E-state index contributed by atoms with van der Waals surface area (Å²) in [6.07, 6.45) is 1.11. The fraction of sp³-hybridized carbons (Fsp3) is 0.500.